The van der Waals surface area contributed by atoms with Crippen LogP contribution in [0.3, 0.4) is 0 Å². The van der Waals surface area contributed by atoms with Crippen LogP contribution in [0.4, 0.5) is 0 Å². The van der Waals surface area contributed by atoms with Gasteiger partial charge in [0.15, 0.2) is 0 Å². The maximum Gasteiger partial charge on any atom is 0.133 e. The van der Waals surface area contributed by atoms with E-state index in [-0.39, 0.29) is 6.61 Å². The fourth-order valence-electron chi connectivity index (χ4n) is 2.00. The molecular formula is C13H18BrNO2. The molecule has 3 nitrogen and oxygen atoms in total. The van der Waals surface area contributed by atoms with E-state index in [1.165, 1.54) is 18.4 Å². The van der Waals surface area contributed by atoms with Gasteiger partial charge in [-0.05, 0) is 46.5 Å². The van der Waals surface area contributed by atoms with Crippen LogP contribution in [0.25, 0.3) is 0 Å². The molecule has 0 unspecified atom stereocenters. The van der Waals surface area contributed by atoms with Gasteiger partial charge in [0, 0.05) is 19.1 Å². The number of hydrogen-bond donors (Lipinski definition) is 1. The van der Waals surface area contributed by atoms with E-state index in [9.17, 15) is 0 Å². The standard InChI is InChI=1S/C13H18BrNO2/c1-17-13-5-2-10(8-12(13)14)9-15(6-7-16)11-3-4-11/h2,5,8,11,16H,3-4,6-7,9H2,1H3. The Morgan fingerprint density at radius 2 is 2.24 bits per heavy atom. The van der Waals surface area contributed by atoms with Gasteiger partial charge in [-0.2, -0.15) is 0 Å². The van der Waals surface area contributed by atoms with Crippen LogP contribution in [0.5, 0.6) is 5.75 Å². The molecule has 4 heteroatoms. The minimum Gasteiger partial charge on any atom is -0.496 e. The summed E-state index contributed by atoms with van der Waals surface area (Å²) < 4.78 is 6.20. The van der Waals surface area contributed by atoms with Crippen molar-refractivity contribution in [2.24, 2.45) is 0 Å². The van der Waals surface area contributed by atoms with Crippen molar-refractivity contribution >= 4 is 15.9 Å². The first-order valence-corrected chi connectivity index (χ1v) is 6.71. The van der Waals surface area contributed by atoms with Crippen LogP contribution in [-0.4, -0.2) is 36.3 Å². The van der Waals surface area contributed by atoms with Crippen molar-refractivity contribution in [3.63, 3.8) is 0 Å². The van der Waals surface area contributed by atoms with E-state index in [1.807, 2.05) is 6.07 Å². The molecule has 1 N–H and O–H groups in total. The SMILES string of the molecule is COc1ccc(CN(CCO)C2CC2)cc1Br. The molecule has 0 bridgehead atoms. The lowest BCUT2D eigenvalue weighted by Crippen LogP contribution is -2.28. The smallest absolute Gasteiger partial charge is 0.133 e. The summed E-state index contributed by atoms with van der Waals surface area (Å²) >= 11 is 3.50. The van der Waals surface area contributed by atoms with Gasteiger partial charge in [0.2, 0.25) is 0 Å². The fourth-order valence-corrected chi connectivity index (χ4v) is 2.59. The van der Waals surface area contributed by atoms with Gasteiger partial charge < -0.3 is 9.84 Å². The number of benzene rings is 1. The van der Waals surface area contributed by atoms with E-state index in [0.29, 0.717) is 6.04 Å². The van der Waals surface area contributed by atoms with Crippen LogP contribution in [0.15, 0.2) is 22.7 Å². The first kappa shape index (κ1) is 12.9. The molecule has 0 aliphatic heterocycles. The van der Waals surface area contributed by atoms with E-state index in [0.717, 1.165) is 23.3 Å². The Labute approximate surface area is 111 Å². The van der Waals surface area contributed by atoms with Gasteiger partial charge in [0.25, 0.3) is 0 Å². The average molecular weight is 300 g/mol. The molecule has 1 aliphatic rings. The summed E-state index contributed by atoms with van der Waals surface area (Å²) in [5.41, 5.74) is 1.25. The zero-order valence-electron chi connectivity index (χ0n) is 10.0. The fraction of sp³-hybridized carbons (Fsp3) is 0.538. The van der Waals surface area contributed by atoms with Crippen molar-refractivity contribution in [2.75, 3.05) is 20.3 Å². The predicted octanol–water partition coefficient (Wildman–Crippen LogP) is 2.41. The predicted molar refractivity (Wildman–Crippen MR) is 71.2 cm³/mol. The van der Waals surface area contributed by atoms with Crippen molar-refractivity contribution in [3.05, 3.63) is 28.2 Å². The summed E-state index contributed by atoms with van der Waals surface area (Å²) in [7, 11) is 1.67. The number of halogens is 1. The second-order valence-corrected chi connectivity index (χ2v) is 5.25. The van der Waals surface area contributed by atoms with E-state index in [2.05, 4.69) is 33.0 Å². The second-order valence-electron chi connectivity index (χ2n) is 4.39. The molecule has 2 rings (SSSR count). The minimum absolute atomic E-state index is 0.230. The third-order valence-corrected chi connectivity index (χ3v) is 3.67. The zero-order valence-corrected chi connectivity index (χ0v) is 11.6. The van der Waals surface area contributed by atoms with Crippen LogP contribution >= 0.6 is 15.9 Å². The maximum absolute atomic E-state index is 9.06. The van der Waals surface area contributed by atoms with Crippen LogP contribution in [0.2, 0.25) is 0 Å². The van der Waals surface area contributed by atoms with Crippen LogP contribution in [0.1, 0.15) is 18.4 Å². The summed E-state index contributed by atoms with van der Waals surface area (Å²) in [6.45, 7) is 1.88. The Hall–Kier alpha value is -0.580. The van der Waals surface area contributed by atoms with Gasteiger partial charge in [-0.3, -0.25) is 4.90 Å². The Morgan fingerprint density at radius 1 is 1.47 bits per heavy atom. The third kappa shape index (κ3) is 3.44. The van der Waals surface area contributed by atoms with Gasteiger partial charge in [-0.25, -0.2) is 0 Å². The quantitative estimate of drug-likeness (QED) is 0.876. The summed E-state index contributed by atoms with van der Waals surface area (Å²) in [6, 6.07) is 6.81. The molecule has 1 aromatic carbocycles. The maximum atomic E-state index is 9.06. The third-order valence-electron chi connectivity index (χ3n) is 3.05. The van der Waals surface area contributed by atoms with Crippen molar-refractivity contribution in [3.8, 4) is 5.75 Å². The molecule has 0 radical (unpaired) electrons. The second kappa shape index (κ2) is 5.85. The van der Waals surface area contributed by atoms with Gasteiger partial charge in [0.05, 0.1) is 18.2 Å². The number of ether oxygens (including phenoxy) is 1. The summed E-state index contributed by atoms with van der Waals surface area (Å²) in [4.78, 5) is 2.34. The van der Waals surface area contributed by atoms with E-state index < -0.39 is 0 Å². The molecule has 0 spiro atoms. The highest BCUT2D eigenvalue weighted by molar-refractivity contribution is 9.10. The largest absolute Gasteiger partial charge is 0.496 e. The topological polar surface area (TPSA) is 32.7 Å². The van der Waals surface area contributed by atoms with Crippen molar-refractivity contribution in [1.29, 1.82) is 0 Å². The van der Waals surface area contributed by atoms with Gasteiger partial charge in [-0.15, -0.1) is 0 Å². The zero-order chi connectivity index (χ0) is 12.3. The molecule has 0 atom stereocenters. The molecule has 1 aromatic rings. The molecule has 94 valence electrons. The van der Waals surface area contributed by atoms with Crippen molar-refractivity contribution < 1.29 is 9.84 Å². The van der Waals surface area contributed by atoms with Gasteiger partial charge in [-0.1, -0.05) is 6.07 Å². The molecule has 17 heavy (non-hydrogen) atoms. The Bertz CT molecular complexity index is 380. The Morgan fingerprint density at radius 3 is 2.76 bits per heavy atom. The highest BCUT2D eigenvalue weighted by Crippen LogP contribution is 2.30. The Kier molecular flexibility index (Phi) is 4.42. The first-order valence-electron chi connectivity index (χ1n) is 5.92. The van der Waals surface area contributed by atoms with E-state index in [1.54, 1.807) is 7.11 Å². The number of aliphatic hydroxyl groups excluding tert-OH is 1. The monoisotopic (exact) mass is 299 g/mol. The first-order chi connectivity index (χ1) is 8.24. The summed E-state index contributed by atoms with van der Waals surface area (Å²) in [5, 5.41) is 9.06. The molecule has 0 amide bonds. The number of rotatable bonds is 6. The lowest BCUT2D eigenvalue weighted by molar-refractivity contribution is 0.183. The average Bonchev–Trinajstić information content (AvgIpc) is 3.12. The van der Waals surface area contributed by atoms with E-state index in [4.69, 9.17) is 9.84 Å². The molecule has 0 saturated heterocycles. The molecule has 1 fully saturated rings. The van der Waals surface area contributed by atoms with Gasteiger partial charge >= 0.3 is 0 Å². The minimum atomic E-state index is 0.230. The normalized spacial score (nSPS) is 15.3. The molecular weight excluding hydrogens is 282 g/mol. The molecule has 0 heterocycles. The number of methoxy groups -OCH3 is 1. The van der Waals surface area contributed by atoms with E-state index >= 15 is 0 Å². The number of hydrogen-bond acceptors (Lipinski definition) is 3. The number of aliphatic hydroxyl groups is 1. The van der Waals surface area contributed by atoms with Crippen molar-refractivity contribution in [1.82, 2.24) is 4.90 Å². The van der Waals surface area contributed by atoms with Crippen LogP contribution in [0, 0.1) is 0 Å². The molecule has 1 aliphatic carbocycles. The summed E-state index contributed by atoms with van der Waals surface area (Å²) in [5.74, 6) is 0.855. The van der Waals surface area contributed by atoms with Crippen molar-refractivity contribution in [2.45, 2.75) is 25.4 Å². The summed E-state index contributed by atoms with van der Waals surface area (Å²) in [6.07, 6.45) is 2.52. The lowest BCUT2D eigenvalue weighted by Gasteiger charge is -2.21. The highest BCUT2D eigenvalue weighted by atomic mass is 79.9. The Balaban J connectivity index is 2.03. The molecule has 0 aromatic heterocycles. The van der Waals surface area contributed by atoms with Gasteiger partial charge in [0.1, 0.15) is 5.75 Å². The van der Waals surface area contributed by atoms with Crippen LogP contribution in [-0.2, 0) is 6.54 Å². The van der Waals surface area contributed by atoms with Crippen LogP contribution < -0.4 is 4.74 Å². The lowest BCUT2D eigenvalue weighted by atomic mass is 10.2. The molecule has 1 saturated carbocycles. The highest BCUT2D eigenvalue weighted by Gasteiger charge is 2.28. The number of nitrogens with zero attached hydrogens (tertiary/aromatic N) is 1.